The van der Waals surface area contributed by atoms with Crippen molar-refractivity contribution in [3.8, 4) is 0 Å². The van der Waals surface area contributed by atoms with Gasteiger partial charge in [0, 0.05) is 6.42 Å². The molecule has 4 nitrogen and oxygen atoms in total. The molecule has 2 rings (SSSR count). The molecular weight excluding hydrogens is 240 g/mol. The Labute approximate surface area is 114 Å². The Morgan fingerprint density at radius 2 is 2.21 bits per heavy atom. The zero-order valence-electron chi connectivity index (χ0n) is 11.1. The fourth-order valence-corrected chi connectivity index (χ4v) is 2.48. The Balaban J connectivity index is 1.79. The summed E-state index contributed by atoms with van der Waals surface area (Å²) in [4.78, 5) is 11.9. The van der Waals surface area contributed by atoms with Crippen LogP contribution in [0.25, 0.3) is 0 Å². The molecule has 0 bridgehead atoms. The first-order valence-corrected chi connectivity index (χ1v) is 6.95. The van der Waals surface area contributed by atoms with E-state index in [1.54, 1.807) is 0 Å². The molecule has 1 aromatic carbocycles. The molecule has 1 saturated heterocycles. The van der Waals surface area contributed by atoms with Crippen LogP contribution in [0.1, 0.15) is 30.9 Å². The Hall–Kier alpha value is -1.39. The molecule has 0 aliphatic carbocycles. The number of rotatable bonds is 6. The summed E-state index contributed by atoms with van der Waals surface area (Å²) in [5, 5.41) is 15.6. The number of benzene rings is 1. The van der Waals surface area contributed by atoms with Crippen molar-refractivity contribution in [2.75, 3.05) is 19.7 Å². The van der Waals surface area contributed by atoms with Crippen molar-refractivity contribution >= 4 is 5.91 Å². The van der Waals surface area contributed by atoms with Crippen LogP contribution < -0.4 is 10.6 Å². The van der Waals surface area contributed by atoms with Crippen molar-refractivity contribution in [1.82, 2.24) is 10.6 Å². The van der Waals surface area contributed by atoms with E-state index in [4.69, 9.17) is 0 Å². The van der Waals surface area contributed by atoms with Gasteiger partial charge < -0.3 is 15.7 Å². The van der Waals surface area contributed by atoms with Gasteiger partial charge in [-0.05, 0) is 37.4 Å². The highest BCUT2D eigenvalue weighted by Crippen LogP contribution is 2.16. The van der Waals surface area contributed by atoms with Crippen LogP contribution in [0.3, 0.4) is 0 Å². The van der Waals surface area contributed by atoms with Crippen molar-refractivity contribution < 1.29 is 9.90 Å². The zero-order chi connectivity index (χ0) is 13.5. The van der Waals surface area contributed by atoms with E-state index in [1.165, 1.54) is 0 Å². The van der Waals surface area contributed by atoms with Crippen LogP contribution in [0.15, 0.2) is 30.3 Å². The van der Waals surface area contributed by atoms with Gasteiger partial charge in [-0.1, -0.05) is 30.3 Å². The molecule has 0 radical (unpaired) electrons. The molecule has 0 aromatic heterocycles. The lowest BCUT2D eigenvalue weighted by Crippen LogP contribution is -2.31. The van der Waals surface area contributed by atoms with E-state index in [9.17, 15) is 9.90 Å². The average Bonchev–Trinajstić information content (AvgIpc) is 2.97. The largest absolute Gasteiger partial charge is 0.394 e. The maximum Gasteiger partial charge on any atom is 0.220 e. The lowest BCUT2D eigenvalue weighted by molar-refractivity contribution is -0.122. The molecule has 4 heteroatoms. The van der Waals surface area contributed by atoms with E-state index in [-0.39, 0.29) is 18.6 Å². The molecule has 1 amide bonds. The monoisotopic (exact) mass is 262 g/mol. The van der Waals surface area contributed by atoms with Gasteiger partial charge in [0.2, 0.25) is 5.91 Å². The average molecular weight is 262 g/mol. The number of carbonyl (C=O) groups is 1. The van der Waals surface area contributed by atoms with E-state index < -0.39 is 0 Å². The molecule has 1 heterocycles. The third-order valence-corrected chi connectivity index (χ3v) is 3.66. The summed E-state index contributed by atoms with van der Waals surface area (Å²) in [5.74, 6) is 0.643. The van der Waals surface area contributed by atoms with E-state index in [0.717, 1.165) is 31.5 Å². The summed E-state index contributed by atoms with van der Waals surface area (Å²) in [7, 11) is 0. The van der Waals surface area contributed by atoms with Gasteiger partial charge in [0.25, 0.3) is 0 Å². The highest BCUT2D eigenvalue weighted by molar-refractivity contribution is 5.76. The number of aliphatic hydroxyl groups is 1. The third-order valence-electron chi connectivity index (χ3n) is 3.66. The lowest BCUT2D eigenvalue weighted by atomic mass is 10.0. The van der Waals surface area contributed by atoms with E-state index in [0.29, 0.717) is 12.3 Å². The molecular formula is C15H22N2O2. The molecule has 1 fully saturated rings. The maximum absolute atomic E-state index is 11.9. The molecule has 0 saturated carbocycles. The van der Waals surface area contributed by atoms with Crippen molar-refractivity contribution in [3.05, 3.63) is 35.9 Å². The van der Waals surface area contributed by atoms with Gasteiger partial charge >= 0.3 is 0 Å². The second-order valence-electron chi connectivity index (χ2n) is 5.11. The predicted octanol–water partition coefficient (Wildman–Crippen LogP) is 1.23. The first kappa shape index (κ1) is 14.0. The Morgan fingerprint density at radius 1 is 1.42 bits per heavy atom. The first-order chi connectivity index (χ1) is 9.29. The SMILES string of the molecule is O=C(CCC1CCNC1)N[C@@H](CO)c1ccccc1. The highest BCUT2D eigenvalue weighted by atomic mass is 16.3. The van der Waals surface area contributed by atoms with Gasteiger partial charge in [-0.3, -0.25) is 4.79 Å². The molecule has 19 heavy (non-hydrogen) atoms. The maximum atomic E-state index is 11.9. The summed E-state index contributed by atoms with van der Waals surface area (Å²) < 4.78 is 0. The smallest absolute Gasteiger partial charge is 0.220 e. The Morgan fingerprint density at radius 3 is 2.84 bits per heavy atom. The molecule has 1 aliphatic heterocycles. The van der Waals surface area contributed by atoms with Crippen molar-refractivity contribution in [1.29, 1.82) is 0 Å². The summed E-state index contributed by atoms with van der Waals surface area (Å²) in [6.45, 7) is 2.02. The second-order valence-corrected chi connectivity index (χ2v) is 5.11. The van der Waals surface area contributed by atoms with E-state index >= 15 is 0 Å². The number of hydrogen-bond acceptors (Lipinski definition) is 3. The normalized spacial score (nSPS) is 20.2. The Kier molecular flexibility index (Phi) is 5.36. The summed E-state index contributed by atoms with van der Waals surface area (Å²) >= 11 is 0. The van der Waals surface area contributed by atoms with Crippen LogP contribution in [-0.4, -0.2) is 30.7 Å². The lowest BCUT2D eigenvalue weighted by Gasteiger charge is -2.17. The quantitative estimate of drug-likeness (QED) is 0.722. The minimum absolute atomic E-state index is 0.0230. The van der Waals surface area contributed by atoms with E-state index in [2.05, 4.69) is 10.6 Å². The van der Waals surface area contributed by atoms with Gasteiger partial charge in [0.15, 0.2) is 0 Å². The molecule has 2 atom stereocenters. The van der Waals surface area contributed by atoms with Gasteiger partial charge in [-0.15, -0.1) is 0 Å². The first-order valence-electron chi connectivity index (χ1n) is 6.95. The highest BCUT2D eigenvalue weighted by Gasteiger charge is 2.17. The number of aliphatic hydroxyl groups excluding tert-OH is 1. The van der Waals surface area contributed by atoms with Gasteiger partial charge in [0.05, 0.1) is 12.6 Å². The number of carbonyl (C=O) groups excluding carboxylic acids is 1. The van der Waals surface area contributed by atoms with Crippen molar-refractivity contribution in [3.63, 3.8) is 0 Å². The summed E-state index contributed by atoms with van der Waals surface area (Å²) in [5.41, 5.74) is 0.945. The number of nitrogens with one attached hydrogen (secondary N) is 2. The molecule has 3 N–H and O–H groups in total. The topological polar surface area (TPSA) is 61.4 Å². The molecule has 104 valence electrons. The van der Waals surface area contributed by atoms with Gasteiger partial charge in [-0.25, -0.2) is 0 Å². The third kappa shape index (κ3) is 4.33. The molecule has 0 spiro atoms. The fraction of sp³-hybridized carbons (Fsp3) is 0.533. The van der Waals surface area contributed by atoms with Crippen LogP contribution in [0.2, 0.25) is 0 Å². The molecule has 1 aliphatic rings. The Bertz CT molecular complexity index is 388. The van der Waals surface area contributed by atoms with Crippen LogP contribution in [0, 0.1) is 5.92 Å². The van der Waals surface area contributed by atoms with Crippen molar-refractivity contribution in [2.24, 2.45) is 5.92 Å². The van der Waals surface area contributed by atoms with Crippen molar-refractivity contribution in [2.45, 2.75) is 25.3 Å². The molecule has 1 unspecified atom stereocenters. The molecule has 1 aromatic rings. The van der Waals surface area contributed by atoms with Crippen LogP contribution in [0.5, 0.6) is 0 Å². The minimum Gasteiger partial charge on any atom is -0.394 e. The summed E-state index contributed by atoms with van der Waals surface area (Å²) in [6, 6.07) is 9.29. The van der Waals surface area contributed by atoms with Crippen LogP contribution >= 0.6 is 0 Å². The van der Waals surface area contributed by atoms with Crippen LogP contribution in [0.4, 0.5) is 0 Å². The van der Waals surface area contributed by atoms with Crippen LogP contribution in [-0.2, 0) is 4.79 Å². The standard InChI is InChI=1S/C15H22N2O2/c18-11-14(13-4-2-1-3-5-13)17-15(19)7-6-12-8-9-16-10-12/h1-5,12,14,16,18H,6-11H2,(H,17,19)/t12?,14-/m0/s1. The second kappa shape index (κ2) is 7.26. The number of hydrogen-bond donors (Lipinski definition) is 3. The minimum atomic E-state index is -0.296. The zero-order valence-corrected chi connectivity index (χ0v) is 11.1. The summed E-state index contributed by atoms with van der Waals surface area (Å²) in [6.07, 6.45) is 2.62. The van der Waals surface area contributed by atoms with E-state index in [1.807, 2.05) is 30.3 Å². The predicted molar refractivity (Wildman–Crippen MR) is 74.6 cm³/mol. The van der Waals surface area contributed by atoms with Gasteiger partial charge in [0.1, 0.15) is 0 Å². The number of amides is 1. The van der Waals surface area contributed by atoms with Gasteiger partial charge in [-0.2, -0.15) is 0 Å². The fourth-order valence-electron chi connectivity index (χ4n) is 2.48.